The van der Waals surface area contributed by atoms with Gasteiger partial charge in [0.2, 0.25) is 0 Å². The number of rotatable bonds is 49. The van der Waals surface area contributed by atoms with E-state index in [4.69, 9.17) is 0 Å². The van der Waals surface area contributed by atoms with Crippen LogP contribution in [0.5, 0.6) is 0 Å². The van der Waals surface area contributed by atoms with Crippen LogP contribution in [0.2, 0.25) is 0 Å². The summed E-state index contributed by atoms with van der Waals surface area (Å²) in [5, 5.41) is 0. The first-order chi connectivity index (χ1) is 27.1. The van der Waals surface area contributed by atoms with E-state index in [2.05, 4.69) is 34.6 Å². The minimum absolute atomic E-state index is 0.782. The Balaban J connectivity index is 4.33. The van der Waals surface area contributed by atoms with Crippen LogP contribution in [0.15, 0.2) is 0 Å². The summed E-state index contributed by atoms with van der Waals surface area (Å²) in [6, 6.07) is 0.782. The Morgan fingerprint density at radius 1 is 0.200 bits per heavy atom. The second kappa shape index (κ2) is 46.6. The number of hydrogen-bond donors (Lipinski definition) is 0. The molecule has 0 aromatic heterocycles. The molecule has 332 valence electrons. The van der Waals surface area contributed by atoms with Gasteiger partial charge in [-0.3, -0.25) is 0 Å². The third-order valence-corrected chi connectivity index (χ3v) is 13.7. The predicted octanol–water partition coefficient (Wildman–Crippen LogP) is 19.8. The zero-order valence-electron chi connectivity index (χ0n) is 40.0. The van der Waals surface area contributed by atoms with Crippen molar-refractivity contribution in [2.75, 3.05) is 19.6 Å². The van der Waals surface area contributed by atoms with Gasteiger partial charge in [0.1, 0.15) is 0 Å². The molecule has 0 spiro atoms. The molecule has 0 atom stereocenters. The van der Waals surface area contributed by atoms with Crippen molar-refractivity contribution in [2.45, 2.75) is 330 Å². The van der Waals surface area contributed by atoms with Gasteiger partial charge in [0.05, 0.1) is 25.7 Å². The predicted molar refractivity (Wildman–Crippen MR) is 255 cm³/mol. The monoisotopic (exact) mass is 775 g/mol. The van der Waals surface area contributed by atoms with Gasteiger partial charge in [-0.05, 0) is 52.4 Å². The number of unbranched alkanes of at least 4 members (excludes halogenated alkanes) is 42. The zero-order valence-corrected chi connectivity index (χ0v) is 40.0. The molecule has 1 heteroatoms. The van der Waals surface area contributed by atoms with Crippen LogP contribution in [-0.2, 0) is 0 Å². The van der Waals surface area contributed by atoms with Gasteiger partial charge in [-0.2, -0.15) is 0 Å². The molecular formula is C54H112N+. The van der Waals surface area contributed by atoms with E-state index in [-0.39, 0.29) is 0 Å². The molecule has 1 nitrogen and oxygen atoms in total. The molecule has 0 aliphatic heterocycles. The molecule has 0 heterocycles. The highest BCUT2D eigenvalue weighted by Crippen LogP contribution is 2.23. The van der Waals surface area contributed by atoms with Gasteiger partial charge in [0, 0.05) is 0 Å². The number of nitrogens with zero attached hydrogens (tertiary/aromatic N) is 1. The van der Waals surface area contributed by atoms with Crippen LogP contribution in [0.4, 0.5) is 0 Å². The molecule has 55 heavy (non-hydrogen) atoms. The first-order valence-electron chi connectivity index (χ1n) is 27.0. The average molecular weight is 775 g/mol. The quantitative estimate of drug-likeness (QED) is 0.0427. The van der Waals surface area contributed by atoms with Crippen molar-refractivity contribution >= 4 is 0 Å². The Bertz CT molecular complexity index is 585. The van der Waals surface area contributed by atoms with E-state index in [1.165, 1.54) is 313 Å². The van der Waals surface area contributed by atoms with E-state index < -0.39 is 0 Å². The van der Waals surface area contributed by atoms with Crippen LogP contribution < -0.4 is 0 Å². The van der Waals surface area contributed by atoms with Crippen LogP contribution in [0.25, 0.3) is 0 Å². The Morgan fingerprint density at radius 3 is 0.455 bits per heavy atom. The van der Waals surface area contributed by atoms with Crippen LogP contribution >= 0.6 is 0 Å². The van der Waals surface area contributed by atoms with Crippen molar-refractivity contribution in [1.82, 2.24) is 0 Å². The Hall–Kier alpha value is -0.0400. The molecule has 0 fully saturated rings. The summed E-state index contributed by atoms with van der Waals surface area (Å²) >= 11 is 0. The molecule has 0 bridgehead atoms. The van der Waals surface area contributed by atoms with Gasteiger partial charge in [-0.15, -0.1) is 0 Å². The molecule has 0 saturated heterocycles. The summed E-state index contributed by atoms with van der Waals surface area (Å²) in [5.41, 5.74) is 0. The van der Waals surface area contributed by atoms with Gasteiger partial charge >= 0.3 is 0 Å². The summed E-state index contributed by atoms with van der Waals surface area (Å²) in [6.07, 6.45) is 66.2. The third-order valence-electron chi connectivity index (χ3n) is 13.7. The summed E-state index contributed by atoms with van der Waals surface area (Å²) in [7, 11) is 0. The Labute approximate surface area is 352 Å². The van der Waals surface area contributed by atoms with E-state index in [1.54, 1.807) is 0 Å². The molecular weight excluding hydrogens is 663 g/mol. The molecule has 0 saturated carbocycles. The van der Waals surface area contributed by atoms with E-state index in [9.17, 15) is 0 Å². The maximum absolute atomic E-state index is 2.57. The van der Waals surface area contributed by atoms with E-state index in [1.807, 2.05) is 0 Å². The van der Waals surface area contributed by atoms with Gasteiger partial charge in [-0.25, -0.2) is 0 Å². The van der Waals surface area contributed by atoms with Crippen molar-refractivity contribution < 1.29 is 4.48 Å². The fourth-order valence-corrected chi connectivity index (χ4v) is 9.50. The van der Waals surface area contributed by atoms with Crippen molar-refractivity contribution in [2.24, 2.45) is 0 Å². The molecule has 0 unspecified atom stereocenters. The van der Waals surface area contributed by atoms with Crippen LogP contribution in [0, 0.1) is 0 Å². The fraction of sp³-hybridized carbons (Fsp3) is 1.00. The SMILES string of the molecule is CCCCCCCCCCCCCCCCC[N+](CCCCCCCCCCCCCCCCC)(CCCCCCCCCCCCCCCCC)C(C)C. The average Bonchev–Trinajstić information content (AvgIpc) is 3.18. The minimum Gasteiger partial charge on any atom is -0.322 e. The molecule has 0 radical (unpaired) electrons. The van der Waals surface area contributed by atoms with E-state index in [0.29, 0.717) is 0 Å². The largest absolute Gasteiger partial charge is 0.322 e. The third kappa shape index (κ3) is 40.5. The summed E-state index contributed by atoms with van der Waals surface area (Å²) in [4.78, 5) is 0. The summed E-state index contributed by atoms with van der Waals surface area (Å²) in [5.74, 6) is 0. The van der Waals surface area contributed by atoms with Gasteiger partial charge in [0.15, 0.2) is 0 Å². The van der Waals surface area contributed by atoms with Crippen LogP contribution in [-0.4, -0.2) is 30.2 Å². The summed E-state index contributed by atoms with van der Waals surface area (Å²) < 4.78 is 1.43. The summed E-state index contributed by atoms with van der Waals surface area (Å²) in [6.45, 7) is 16.5. The normalized spacial score (nSPS) is 12.1. The van der Waals surface area contributed by atoms with Crippen molar-refractivity contribution in [3.8, 4) is 0 Å². The lowest BCUT2D eigenvalue weighted by molar-refractivity contribution is -0.948. The molecule has 0 amide bonds. The molecule has 0 N–H and O–H groups in total. The minimum atomic E-state index is 0.782. The topological polar surface area (TPSA) is 0 Å². The standard InChI is InChI=1S/C54H112N/c1-6-9-12-15-18-21-24-27-30-33-36-39-42-45-48-51-55(54(4)5,52-49-46-43-40-37-34-31-28-25-22-19-16-13-10-7-2)53-50-47-44-41-38-35-32-29-26-23-20-17-14-11-8-3/h54H,6-53H2,1-5H3/q+1. The first kappa shape index (κ1) is 55.0. The Morgan fingerprint density at radius 2 is 0.327 bits per heavy atom. The smallest absolute Gasteiger partial charge is 0.0833 e. The van der Waals surface area contributed by atoms with Crippen molar-refractivity contribution in [3.05, 3.63) is 0 Å². The van der Waals surface area contributed by atoms with Gasteiger partial charge < -0.3 is 4.48 Å². The molecule has 0 aromatic carbocycles. The highest BCUT2D eigenvalue weighted by molar-refractivity contribution is 4.58. The molecule has 0 aliphatic carbocycles. The highest BCUT2D eigenvalue weighted by Gasteiger charge is 2.29. The van der Waals surface area contributed by atoms with Crippen LogP contribution in [0.1, 0.15) is 324 Å². The second-order valence-electron chi connectivity index (χ2n) is 19.3. The second-order valence-corrected chi connectivity index (χ2v) is 19.3. The lowest BCUT2D eigenvalue weighted by Gasteiger charge is -2.43. The Kier molecular flexibility index (Phi) is 46.6. The number of hydrogen-bond acceptors (Lipinski definition) is 0. The number of quaternary nitrogens is 1. The van der Waals surface area contributed by atoms with E-state index in [0.717, 1.165) is 6.04 Å². The van der Waals surface area contributed by atoms with Crippen LogP contribution in [0.3, 0.4) is 0 Å². The van der Waals surface area contributed by atoms with Crippen molar-refractivity contribution in [1.29, 1.82) is 0 Å². The van der Waals surface area contributed by atoms with Gasteiger partial charge in [0.25, 0.3) is 0 Å². The maximum Gasteiger partial charge on any atom is 0.0833 e. The van der Waals surface area contributed by atoms with E-state index >= 15 is 0 Å². The van der Waals surface area contributed by atoms with Crippen molar-refractivity contribution in [3.63, 3.8) is 0 Å². The maximum atomic E-state index is 2.57. The van der Waals surface area contributed by atoms with Gasteiger partial charge in [-0.1, -0.05) is 271 Å². The molecule has 0 aromatic rings. The lowest BCUT2D eigenvalue weighted by Crippen LogP contribution is -2.55. The zero-order chi connectivity index (χ0) is 40.0. The first-order valence-corrected chi connectivity index (χ1v) is 27.0. The molecule has 0 aliphatic rings. The highest BCUT2D eigenvalue weighted by atomic mass is 15.4. The molecule has 0 rings (SSSR count). The lowest BCUT2D eigenvalue weighted by atomic mass is 10.0. The fourth-order valence-electron chi connectivity index (χ4n) is 9.50.